The first-order valence-corrected chi connectivity index (χ1v) is 6.27. The molecule has 2 aromatic rings. The van der Waals surface area contributed by atoms with Crippen molar-refractivity contribution < 1.29 is 0 Å². The molecule has 0 unspecified atom stereocenters. The number of halogens is 1. The normalized spacial score (nSPS) is 11.1. The highest BCUT2D eigenvalue weighted by Gasteiger charge is 2.10. The summed E-state index contributed by atoms with van der Waals surface area (Å²) in [5.74, 6) is 0. The highest BCUT2D eigenvalue weighted by atomic mass is 35.5. The van der Waals surface area contributed by atoms with Crippen molar-refractivity contribution in [2.24, 2.45) is 0 Å². The summed E-state index contributed by atoms with van der Waals surface area (Å²) in [5, 5.41) is 5.18. The molecule has 0 radical (unpaired) electrons. The first-order valence-electron chi connectivity index (χ1n) is 5.89. The van der Waals surface area contributed by atoms with Gasteiger partial charge in [-0.3, -0.25) is 4.98 Å². The van der Waals surface area contributed by atoms with Crippen molar-refractivity contribution in [3.8, 4) is 0 Å². The Balaban J connectivity index is 2.60. The first-order chi connectivity index (χ1) is 8.13. The van der Waals surface area contributed by atoms with Crippen LogP contribution in [-0.4, -0.2) is 11.5 Å². The van der Waals surface area contributed by atoms with Gasteiger partial charge in [0.05, 0.1) is 10.5 Å². The van der Waals surface area contributed by atoms with Crippen LogP contribution in [0.1, 0.15) is 23.7 Å². The highest BCUT2D eigenvalue weighted by molar-refractivity contribution is 6.36. The van der Waals surface area contributed by atoms with Crippen LogP contribution in [0.15, 0.2) is 18.2 Å². The molecule has 0 saturated carbocycles. The van der Waals surface area contributed by atoms with Crippen molar-refractivity contribution in [2.45, 2.75) is 27.3 Å². The molecule has 2 nitrogen and oxygen atoms in total. The number of hydrogen-bond donors (Lipinski definition) is 1. The standard InChI is InChI=1S/C14H17ClN2/c1-4-16-8-12-10(3)17-13-6-5-9(2)7-11(13)14(12)15/h5-7,16H,4,8H2,1-3H3. The number of nitrogens with one attached hydrogen (secondary N) is 1. The zero-order valence-electron chi connectivity index (χ0n) is 10.5. The fourth-order valence-corrected chi connectivity index (χ4v) is 2.30. The van der Waals surface area contributed by atoms with Crippen molar-refractivity contribution in [1.29, 1.82) is 0 Å². The molecule has 0 atom stereocenters. The van der Waals surface area contributed by atoms with Crippen molar-refractivity contribution >= 4 is 22.5 Å². The van der Waals surface area contributed by atoms with Crippen LogP contribution in [0, 0.1) is 13.8 Å². The van der Waals surface area contributed by atoms with Gasteiger partial charge in [0.15, 0.2) is 0 Å². The molecular formula is C14H17ClN2. The van der Waals surface area contributed by atoms with Crippen LogP contribution in [0.3, 0.4) is 0 Å². The van der Waals surface area contributed by atoms with E-state index in [2.05, 4.69) is 36.3 Å². The number of nitrogens with zero attached hydrogens (tertiary/aromatic N) is 1. The largest absolute Gasteiger partial charge is 0.313 e. The van der Waals surface area contributed by atoms with Gasteiger partial charge in [0.25, 0.3) is 0 Å². The Hall–Kier alpha value is -1.12. The molecule has 1 N–H and O–H groups in total. The van der Waals surface area contributed by atoms with Gasteiger partial charge in [0.2, 0.25) is 0 Å². The summed E-state index contributed by atoms with van der Waals surface area (Å²) in [5.41, 5.74) is 4.29. The van der Waals surface area contributed by atoms with E-state index in [0.29, 0.717) is 0 Å². The number of pyridine rings is 1. The number of rotatable bonds is 3. The number of aromatic nitrogens is 1. The Kier molecular flexibility index (Phi) is 3.65. The molecule has 0 aliphatic rings. The van der Waals surface area contributed by atoms with Gasteiger partial charge in [-0.2, -0.15) is 0 Å². The van der Waals surface area contributed by atoms with Gasteiger partial charge in [-0.25, -0.2) is 0 Å². The van der Waals surface area contributed by atoms with E-state index in [1.807, 2.05) is 13.0 Å². The fraction of sp³-hybridized carbons (Fsp3) is 0.357. The molecule has 1 heterocycles. The Morgan fingerprint density at radius 1 is 1.29 bits per heavy atom. The van der Waals surface area contributed by atoms with E-state index in [-0.39, 0.29) is 0 Å². The van der Waals surface area contributed by atoms with Crippen LogP contribution >= 0.6 is 11.6 Å². The average molecular weight is 249 g/mol. The molecule has 3 heteroatoms. The number of hydrogen-bond acceptors (Lipinski definition) is 2. The maximum absolute atomic E-state index is 6.47. The molecule has 0 fully saturated rings. The molecule has 1 aromatic heterocycles. The topological polar surface area (TPSA) is 24.9 Å². The number of benzene rings is 1. The van der Waals surface area contributed by atoms with Gasteiger partial charge < -0.3 is 5.32 Å². The minimum Gasteiger partial charge on any atom is -0.313 e. The molecule has 0 aliphatic carbocycles. The summed E-state index contributed by atoms with van der Waals surface area (Å²) in [6.45, 7) is 7.87. The zero-order chi connectivity index (χ0) is 12.4. The summed E-state index contributed by atoms with van der Waals surface area (Å²) in [7, 11) is 0. The second-order valence-electron chi connectivity index (χ2n) is 4.29. The highest BCUT2D eigenvalue weighted by Crippen LogP contribution is 2.28. The van der Waals surface area contributed by atoms with E-state index >= 15 is 0 Å². The second-order valence-corrected chi connectivity index (χ2v) is 4.67. The van der Waals surface area contributed by atoms with Crippen LogP contribution < -0.4 is 5.32 Å². The van der Waals surface area contributed by atoms with Crippen molar-refractivity contribution in [2.75, 3.05) is 6.54 Å². The molecular weight excluding hydrogens is 232 g/mol. The molecule has 2 rings (SSSR count). The van der Waals surface area contributed by atoms with Crippen LogP contribution in [0.5, 0.6) is 0 Å². The van der Waals surface area contributed by atoms with Gasteiger partial charge >= 0.3 is 0 Å². The monoisotopic (exact) mass is 248 g/mol. The lowest BCUT2D eigenvalue weighted by Crippen LogP contribution is -2.13. The molecule has 0 spiro atoms. The smallest absolute Gasteiger partial charge is 0.0720 e. The summed E-state index contributed by atoms with van der Waals surface area (Å²) >= 11 is 6.47. The van der Waals surface area contributed by atoms with Crippen molar-refractivity contribution in [3.63, 3.8) is 0 Å². The fourth-order valence-electron chi connectivity index (χ4n) is 1.95. The molecule has 0 aliphatic heterocycles. The van der Waals surface area contributed by atoms with Crippen molar-refractivity contribution in [1.82, 2.24) is 10.3 Å². The average Bonchev–Trinajstić information content (AvgIpc) is 2.30. The minimum absolute atomic E-state index is 0.776. The molecule has 17 heavy (non-hydrogen) atoms. The Morgan fingerprint density at radius 2 is 2.06 bits per heavy atom. The van der Waals surface area contributed by atoms with Crippen LogP contribution in [-0.2, 0) is 6.54 Å². The summed E-state index contributed by atoms with van der Waals surface area (Å²) in [6.07, 6.45) is 0. The van der Waals surface area contributed by atoms with Gasteiger partial charge in [0.1, 0.15) is 0 Å². The SMILES string of the molecule is CCNCc1c(C)nc2ccc(C)cc2c1Cl. The predicted molar refractivity (Wildman–Crippen MR) is 73.6 cm³/mol. The zero-order valence-corrected chi connectivity index (χ0v) is 11.2. The van der Waals surface area contributed by atoms with Crippen LogP contribution in [0.4, 0.5) is 0 Å². The van der Waals surface area contributed by atoms with E-state index < -0.39 is 0 Å². The Labute approximate surface area is 107 Å². The van der Waals surface area contributed by atoms with E-state index in [1.165, 1.54) is 5.56 Å². The first kappa shape index (κ1) is 12.3. The van der Waals surface area contributed by atoms with Crippen LogP contribution in [0.25, 0.3) is 10.9 Å². The molecule has 0 saturated heterocycles. The third-order valence-corrected chi connectivity index (χ3v) is 3.36. The summed E-state index contributed by atoms with van der Waals surface area (Å²) in [4.78, 5) is 4.61. The lowest BCUT2D eigenvalue weighted by atomic mass is 10.1. The minimum atomic E-state index is 0.776. The molecule has 90 valence electrons. The number of fused-ring (bicyclic) bond motifs is 1. The molecule has 1 aromatic carbocycles. The van der Waals surface area contributed by atoms with Gasteiger partial charge in [0, 0.05) is 23.2 Å². The third kappa shape index (κ3) is 2.43. The van der Waals surface area contributed by atoms with Gasteiger partial charge in [-0.15, -0.1) is 0 Å². The summed E-state index contributed by atoms with van der Waals surface area (Å²) < 4.78 is 0. The van der Waals surface area contributed by atoms with E-state index in [9.17, 15) is 0 Å². The quantitative estimate of drug-likeness (QED) is 0.898. The van der Waals surface area contributed by atoms with Crippen molar-refractivity contribution in [3.05, 3.63) is 40.0 Å². The van der Waals surface area contributed by atoms with Crippen LogP contribution in [0.2, 0.25) is 5.02 Å². The Morgan fingerprint density at radius 3 is 2.76 bits per heavy atom. The summed E-state index contributed by atoms with van der Waals surface area (Å²) in [6, 6.07) is 6.19. The predicted octanol–water partition coefficient (Wildman–Crippen LogP) is 3.61. The maximum Gasteiger partial charge on any atom is 0.0720 e. The van der Waals surface area contributed by atoms with E-state index in [4.69, 9.17) is 11.6 Å². The maximum atomic E-state index is 6.47. The third-order valence-electron chi connectivity index (χ3n) is 2.93. The second kappa shape index (κ2) is 5.03. The van der Waals surface area contributed by atoms with E-state index in [0.717, 1.165) is 40.3 Å². The number of aryl methyl sites for hydroxylation is 2. The lowest BCUT2D eigenvalue weighted by molar-refractivity contribution is 0.721. The molecule has 0 bridgehead atoms. The Bertz CT molecular complexity index is 549. The molecule has 0 amide bonds. The van der Waals surface area contributed by atoms with Gasteiger partial charge in [-0.05, 0) is 32.5 Å². The van der Waals surface area contributed by atoms with E-state index in [1.54, 1.807) is 0 Å². The van der Waals surface area contributed by atoms with Gasteiger partial charge in [-0.1, -0.05) is 30.2 Å². The lowest BCUT2D eigenvalue weighted by Gasteiger charge is -2.11.